The number of aromatic carboxylic acids is 1. The first kappa shape index (κ1) is 9.14. The van der Waals surface area contributed by atoms with Crippen LogP contribution in [-0.4, -0.2) is 21.3 Å². The third-order valence-electron chi connectivity index (χ3n) is 1.43. The van der Waals surface area contributed by atoms with E-state index in [0.29, 0.717) is 0 Å². The first-order valence-electron chi connectivity index (χ1n) is 3.22. The van der Waals surface area contributed by atoms with Crippen LogP contribution in [0.15, 0.2) is 12.1 Å². The summed E-state index contributed by atoms with van der Waals surface area (Å²) in [5.74, 6) is 2.22. The fourth-order valence-electron chi connectivity index (χ4n) is 0.823. The Kier molecular flexibility index (Phi) is 2.25. The maximum absolute atomic E-state index is 10.4. The minimum atomic E-state index is -1.35. The maximum Gasteiger partial charge on any atom is 0.339 e. The van der Waals surface area contributed by atoms with Crippen LogP contribution < -0.4 is 10.7 Å². The molecule has 0 heterocycles. The monoisotopic (exact) mass is 185 g/mol. The highest BCUT2D eigenvalue weighted by molar-refractivity contribution is 5.91. The number of hydrogen-bond acceptors (Lipinski definition) is 5. The normalized spacial score (nSPS) is 9.62. The van der Waals surface area contributed by atoms with E-state index in [2.05, 4.69) is 4.84 Å². The SMILES string of the molecule is NOc1cc(O)c(C(=O)O)cc1O. The van der Waals surface area contributed by atoms with Gasteiger partial charge in [-0.2, -0.15) is 5.90 Å². The summed E-state index contributed by atoms with van der Waals surface area (Å²) in [5, 5.41) is 26.7. The van der Waals surface area contributed by atoms with Crippen molar-refractivity contribution in [3.63, 3.8) is 0 Å². The van der Waals surface area contributed by atoms with Crippen molar-refractivity contribution in [3.8, 4) is 17.2 Å². The van der Waals surface area contributed by atoms with E-state index >= 15 is 0 Å². The molecule has 0 aromatic heterocycles. The molecule has 13 heavy (non-hydrogen) atoms. The van der Waals surface area contributed by atoms with E-state index in [9.17, 15) is 4.79 Å². The van der Waals surface area contributed by atoms with Crippen LogP contribution in [0.3, 0.4) is 0 Å². The molecule has 0 aliphatic heterocycles. The van der Waals surface area contributed by atoms with Gasteiger partial charge in [-0.25, -0.2) is 4.79 Å². The van der Waals surface area contributed by atoms with Gasteiger partial charge in [-0.15, -0.1) is 0 Å². The number of carbonyl (C=O) groups is 1. The summed E-state index contributed by atoms with van der Waals surface area (Å²) in [6.45, 7) is 0. The average Bonchev–Trinajstić information content (AvgIpc) is 2.07. The lowest BCUT2D eigenvalue weighted by Gasteiger charge is -2.04. The first-order chi connectivity index (χ1) is 6.06. The van der Waals surface area contributed by atoms with Gasteiger partial charge in [-0.3, -0.25) is 0 Å². The molecule has 0 aliphatic carbocycles. The van der Waals surface area contributed by atoms with Crippen molar-refractivity contribution in [2.75, 3.05) is 0 Å². The molecule has 0 bridgehead atoms. The molecule has 1 aromatic carbocycles. The molecular weight excluding hydrogens is 178 g/mol. The van der Waals surface area contributed by atoms with Gasteiger partial charge in [0, 0.05) is 12.1 Å². The van der Waals surface area contributed by atoms with Crippen LogP contribution >= 0.6 is 0 Å². The lowest BCUT2D eigenvalue weighted by molar-refractivity contribution is 0.0693. The Morgan fingerprint density at radius 2 is 1.92 bits per heavy atom. The molecule has 0 amide bonds. The number of phenols is 2. The predicted octanol–water partition coefficient (Wildman–Crippen LogP) is 0.0485. The van der Waals surface area contributed by atoms with Crippen molar-refractivity contribution in [3.05, 3.63) is 17.7 Å². The van der Waals surface area contributed by atoms with Crippen molar-refractivity contribution in [1.82, 2.24) is 0 Å². The molecule has 0 radical (unpaired) electrons. The van der Waals surface area contributed by atoms with Gasteiger partial charge in [0.25, 0.3) is 0 Å². The van der Waals surface area contributed by atoms with E-state index in [1.165, 1.54) is 0 Å². The van der Waals surface area contributed by atoms with Crippen LogP contribution in [0.2, 0.25) is 0 Å². The molecule has 1 aromatic rings. The molecule has 1 rings (SSSR count). The Labute approximate surface area is 72.7 Å². The molecule has 70 valence electrons. The summed E-state index contributed by atoms with van der Waals surface area (Å²) in [4.78, 5) is 14.6. The quantitative estimate of drug-likeness (QED) is 0.382. The Balaban J connectivity index is 3.28. The van der Waals surface area contributed by atoms with Gasteiger partial charge in [0.2, 0.25) is 0 Å². The Hall–Kier alpha value is -1.95. The second-order valence-corrected chi connectivity index (χ2v) is 2.26. The Bertz CT molecular complexity index is 349. The topological polar surface area (TPSA) is 113 Å². The van der Waals surface area contributed by atoms with Gasteiger partial charge in [-0.05, 0) is 0 Å². The second-order valence-electron chi connectivity index (χ2n) is 2.26. The third kappa shape index (κ3) is 1.62. The van der Waals surface area contributed by atoms with Crippen LogP contribution in [0, 0.1) is 0 Å². The largest absolute Gasteiger partial charge is 0.507 e. The zero-order valence-corrected chi connectivity index (χ0v) is 6.39. The summed E-state index contributed by atoms with van der Waals surface area (Å²) in [5.41, 5.74) is -0.418. The molecule has 6 nitrogen and oxygen atoms in total. The Morgan fingerprint density at radius 1 is 1.31 bits per heavy atom. The van der Waals surface area contributed by atoms with Crippen molar-refractivity contribution < 1.29 is 25.0 Å². The molecule has 0 fully saturated rings. The second kappa shape index (κ2) is 3.20. The molecule has 5 N–H and O–H groups in total. The van der Waals surface area contributed by atoms with Crippen LogP contribution in [0.25, 0.3) is 0 Å². The molecule has 0 saturated heterocycles. The van der Waals surface area contributed by atoms with Gasteiger partial charge in [-0.1, -0.05) is 0 Å². The van der Waals surface area contributed by atoms with E-state index in [0.717, 1.165) is 12.1 Å². The highest BCUT2D eigenvalue weighted by Gasteiger charge is 2.14. The van der Waals surface area contributed by atoms with Crippen molar-refractivity contribution in [1.29, 1.82) is 0 Å². The standard InChI is InChI=1S/C7H7NO5/c8-13-6-2-4(9)3(7(11)12)1-5(6)10/h1-2,9-10H,8H2,(H,11,12). The molecule has 0 atom stereocenters. The van der Waals surface area contributed by atoms with E-state index in [1.54, 1.807) is 0 Å². The van der Waals surface area contributed by atoms with Crippen LogP contribution in [0.5, 0.6) is 17.2 Å². The smallest absolute Gasteiger partial charge is 0.339 e. The van der Waals surface area contributed by atoms with E-state index in [4.69, 9.17) is 21.2 Å². The number of carboxylic acids is 1. The summed E-state index contributed by atoms with van der Waals surface area (Å²) in [6, 6.07) is 1.76. The third-order valence-corrected chi connectivity index (χ3v) is 1.43. The lowest BCUT2D eigenvalue weighted by atomic mass is 10.2. The minimum Gasteiger partial charge on any atom is -0.507 e. The molecule has 0 aliphatic rings. The van der Waals surface area contributed by atoms with E-state index in [1.807, 2.05) is 0 Å². The number of benzene rings is 1. The molecule has 0 spiro atoms. The fraction of sp³-hybridized carbons (Fsp3) is 0. The lowest BCUT2D eigenvalue weighted by Crippen LogP contribution is -2.03. The number of phenolic OH excluding ortho intramolecular Hbond substituents is 1. The molecular formula is C7H7NO5. The zero-order chi connectivity index (χ0) is 10.0. The summed E-state index contributed by atoms with van der Waals surface area (Å²) in [6.07, 6.45) is 0. The maximum atomic E-state index is 10.4. The van der Waals surface area contributed by atoms with Crippen molar-refractivity contribution in [2.24, 2.45) is 5.90 Å². The predicted molar refractivity (Wildman–Crippen MR) is 41.5 cm³/mol. The van der Waals surface area contributed by atoms with Crippen molar-refractivity contribution >= 4 is 5.97 Å². The highest BCUT2D eigenvalue weighted by Crippen LogP contribution is 2.32. The van der Waals surface area contributed by atoms with E-state index < -0.39 is 23.0 Å². The van der Waals surface area contributed by atoms with Gasteiger partial charge < -0.3 is 20.2 Å². The van der Waals surface area contributed by atoms with E-state index in [-0.39, 0.29) is 5.75 Å². The van der Waals surface area contributed by atoms with Crippen LogP contribution in [0.1, 0.15) is 10.4 Å². The number of aromatic hydroxyl groups is 2. The zero-order valence-electron chi connectivity index (χ0n) is 6.39. The minimum absolute atomic E-state index is 0.192. The first-order valence-corrected chi connectivity index (χ1v) is 3.22. The summed E-state index contributed by atoms with van der Waals surface area (Å²) in [7, 11) is 0. The summed E-state index contributed by atoms with van der Waals surface area (Å²) >= 11 is 0. The van der Waals surface area contributed by atoms with Crippen molar-refractivity contribution in [2.45, 2.75) is 0 Å². The Morgan fingerprint density at radius 3 is 2.38 bits per heavy atom. The van der Waals surface area contributed by atoms with Gasteiger partial charge in [0.1, 0.15) is 11.3 Å². The molecule has 0 saturated carbocycles. The number of nitrogens with two attached hydrogens (primary N) is 1. The molecule has 6 heteroatoms. The number of rotatable bonds is 2. The van der Waals surface area contributed by atoms with Crippen LogP contribution in [0.4, 0.5) is 0 Å². The highest BCUT2D eigenvalue weighted by atomic mass is 16.6. The van der Waals surface area contributed by atoms with Gasteiger partial charge in [0.15, 0.2) is 11.5 Å². The number of carboxylic acid groups (broad SMARTS) is 1. The summed E-state index contributed by atoms with van der Waals surface area (Å²) < 4.78 is 0. The number of hydrogen-bond donors (Lipinski definition) is 4. The van der Waals surface area contributed by atoms with Crippen LogP contribution in [-0.2, 0) is 0 Å². The van der Waals surface area contributed by atoms with Gasteiger partial charge >= 0.3 is 5.97 Å². The molecule has 0 unspecified atom stereocenters. The average molecular weight is 185 g/mol. The fourth-order valence-corrected chi connectivity index (χ4v) is 0.823. The van der Waals surface area contributed by atoms with Gasteiger partial charge in [0.05, 0.1) is 0 Å².